The van der Waals surface area contributed by atoms with Crippen LogP contribution in [0.5, 0.6) is 5.75 Å². The van der Waals surface area contributed by atoms with Crippen LogP contribution in [0, 0.1) is 0 Å². The van der Waals surface area contributed by atoms with Crippen LogP contribution in [-0.2, 0) is 6.18 Å². The van der Waals surface area contributed by atoms with Gasteiger partial charge in [0.25, 0.3) is 11.5 Å². The van der Waals surface area contributed by atoms with Crippen molar-refractivity contribution in [1.82, 2.24) is 9.38 Å². The predicted molar refractivity (Wildman–Crippen MR) is 111 cm³/mol. The molecule has 10 heteroatoms. The summed E-state index contributed by atoms with van der Waals surface area (Å²) in [6, 6.07) is 11.0. The van der Waals surface area contributed by atoms with Crippen LogP contribution in [0.1, 0.15) is 15.9 Å². The molecule has 0 bridgehead atoms. The number of halogens is 3. The predicted octanol–water partition coefficient (Wildman–Crippen LogP) is 4.70. The average molecular weight is 445 g/mol. The van der Waals surface area contributed by atoms with Crippen molar-refractivity contribution in [2.24, 2.45) is 0 Å². The molecule has 0 saturated carbocycles. The van der Waals surface area contributed by atoms with Gasteiger partial charge in [0.2, 0.25) is 0 Å². The van der Waals surface area contributed by atoms with Crippen LogP contribution in [0.25, 0.3) is 16.2 Å². The molecule has 0 aliphatic heterocycles. The van der Waals surface area contributed by atoms with Gasteiger partial charge in [0, 0.05) is 22.8 Å². The second-order valence-electron chi connectivity index (χ2n) is 6.48. The maximum atomic E-state index is 13.0. The highest BCUT2D eigenvalue weighted by atomic mass is 32.1. The third kappa shape index (κ3) is 4.02. The number of fused-ring (bicyclic) bond motifs is 1. The summed E-state index contributed by atoms with van der Waals surface area (Å²) in [5.74, 6) is -0.163. The molecule has 0 aliphatic carbocycles. The van der Waals surface area contributed by atoms with Crippen LogP contribution in [0.4, 0.5) is 18.9 Å². The van der Waals surface area contributed by atoms with Gasteiger partial charge in [0.05, 0.1) is 18.4 Å². The highest BCUT2D eigenvalue weighted by Crippen LogP contribution is 2.30. The van der Waals surface area contributed by atoms with Crippen LogP contribution < -0.4 is 15.6 Å². The Labute approximate surface area is 177 Å². The first-order valence-corrected chi connectivity index (χ1v) is 9.78. The first kappa shape index (κ1) is 20.6. The lowest BCUT2D eigenvalue weighted by molar-refractivity contribution is -0.137. The highest BCUT2D eigenvalue weighted by Gasteiger charge is 2.30. The Kier molecular flexibility index (Phi) is 5.24. The molecular weight excluding hydrogens is 431 g/mol. The Hall–Kier alpha value is -3.66. The van der Waals surface area contributed by atoms with Crippen LogP contribution in [0.2, 0.25) is 0 Å². The normalized spacial score (nSPS) is 11.5. The van der Waals surface area contributed by atoms with Crippen molar-refractivity contribution >= 4 is 27.9 Å². The van der Waals surface area contributed by atoms with Crippen molar-refractivity contribution < 1.29 is 22.7 Å². The van der Waals surface area contributed by atoms with Crippen LogP contribution in [0.3, 0.4) is 0 Å². The molecule has 0 spiro atoms. The van der Waals surface area contributed by atoms with E-state index < -0.39 is 23.2 Å². The summed E-state index contributed by atoms with van der Waals surface area (Å²) >= 11 is 1.24. The van der Waals surface area contributed by atoms with Crippen molar-refractivity contribution in [3.05, 3.63) is 81.6 Å². The number of nitrogens with one attached hydrogen (secondary N) is 1. The summed E-state index contributed by atoms with van der Waals surface area (Å²) in [6.45, 7) is 0. The highest BCUT2D eigenvalue weighted by molar-refractivity contribution is 7.15. The summed E-state index contributed by atoms with van der Waals surface area (Å²) in [7, 11) is 1.53. The van der Waals surface area contributed by atoms with Gasteiger partial charge in [0.1, 0.15) is 11.3 Å². The molecule has 0 fully saturated rings. The Morgan fingerprint density at radius 2 is 1.90 bits per heavy atom. The molecule has 6 nitrogen and oxygen atoms in total. The maximum absolute atomic E-state index is 13.0. The van der Waals surface area contributed by atoms with Crippen molar-refractivity contribution in [2.45, 2.75) is 6.18 Å². The van der Waals surface area contributed by atoms with Crippen molar-refractivity contribution in [2.75, 3.05) is 12.4 Å². The SMILES string of the molecule is COc1cccc(-c2csc3ncc(C(=O)Nc4ccc(C(F)(F)F)cc4)c(=O)n23)c1. The first-order chi connectivity index (χ1) is 14.8. The number of amides is 1. The molecule has 158 valence electrons. The molecule has 0 aliphatic rings. The van der Waals surface area contributed by atoms with E-state index in [0.717, 1.165) is 30.5 Å². The Morgan fingerprint density at radius 1 is 1.16 bits per heavy atom. The van der Waals surface area contributed by atoms with E-state index in [4.69, 9.17) is 4.74 Å². The molecular formula is C21H14F3N3O3S. The number of ether oxygens (including phenoxy) is 1. The fourth-order valence-corrected chi connectivity index (χ4v) is 3.83. The first-order valence-electron chi connectivity index (χ1n) is 8.90. The lowest BCUT2D eigenvalue weighted by Crippen LogP contribution is -2.26. The standard InChI is InChI=1S/C21H14F3N3O3S/c1-30-15-4-2-3-12(9-15)17-11-31-20-25-10-16(19(29)27(17)20)18(28)26-14-7-5-13(6-8-14)21(22,23)24/h2-11H,1H3,(H,26,28). The van der Waals surface area contributed by atoms with Gasteiger partial charge >= 0.3 is 6.18 Å². The van der Waals surface area contributed by atoms with Crippen LogP contribution in [0.15, 0.2) is 64.9 Å². The third-order valence-electron chi connectivity index (χ3n) is 4.53. The van der Waals surface area contributed by atoms with E-state index in [1.54, 1.807) is 29.6 Å². The van der Waals surface area contributed by atoms with E-state index in [9.17, 15) is 22.8 Å². The number of methoxy groups -OCH3 is 1. The van der Waals surface area contributed by atoms with Crippen LogP contribution >= 0.6 is 11.3 Å². The topological polar surface area (TPSA) is 72.7 Å². The van der Waals surface area contributed by atoms with Crippen molar-refractivity contribution in [3.8, 4) is 17.0 Å². The number of rotatable bonds is 4. The van der Waals surface area contributed by atoms with E-state index in [1.807, 2.05) is 0 Å². The molecule has 31 heavy (non-hydrogen) atoms. The summed E-state index contributed by atoms with van der Waals surface area (Å²) in [6.07, 6.45) is -3.32. The van der Waals surface area contributed by atoms with Crippen LogP contribution in [-0.4, -0.2) is 22.4 Å². The molecule has 1 amide bonds. The molecule has 0 saturated heterocycles. The lowest BCUT2D eigenvalue weighted by Gasteiger charge is -2.09. The molecule has 4 aromatic rings. The summed E-state index contributed by atoms with van der Waals surface area (Å²) in [4.78, 5) is 30.2. The third-order valence-corrected chi connectivity index (χ3v) is 5.37. The Balaban J connectivity index is 1.69. The van der Waals surface area contributed by atoms with Crippen molar-refractivity contribution in [1.29, 1.82) is 0 Å². The second kappa shape index (κ2) is 7.88. The molecule has 2 aromatic carbocycles. The average Bonchev–Trinajstić information content (AvgIpc) is 3.19. The number of aromatic nitrogens is 2. The van der Waals surface area contributed by atoms with Gasteiger partial charge in [0.15, 0.2) is 4.96 Å². The summed E-state index contributed by atoms with van der Waals surface area (Å²) in [5.41, 5.74) is -0.292. The number of carbonyl (C=O) groups is 1. The number of hydrogen-bond acceptors (Lipinski definition) is 5. The monoisotopic (exact) mass is 445 g/mol. The molecule has 2 heterocycles. The van der Waals surface area contributed by atoms with Gasteiger partial charge in [-0.05, 0) is 36.4 Å². The number of thiazole rings is 1. The van der Waals surface area contributed by atoms with Gasteiger partial charge in [-0.25, -0.2) is 4.98 Å². The molecule has 1 N–H and O–H groups in total. The van der Waals surface area contributed by atoms with E-state index in [-0.39, 0.29) is 11.3 Å². The Bertz CT molecular complexity index is 1330. The molecule has 0 radical (unpaired) electrons. The van der Waals surface area contributed by atoms with Gasteiger partial charge in [-0.1, -0.05) is 12.1 Å². The molecule has 2 aromatic heterocycles. The van der Waals surface area contributed by atoms with Crippen molar-refractivity contribution in [3.63, 3.8) is 0 Å². The second-order valence-corrected chi connectivity index (χ2v) is 7.31. The van der Waals surface area contributed by atoms with E-state index in [1.165, 1.54) is 22.8 Å². The summed E-state index contributed by atoms with van der Waals surface area (Å²) < 4.78 is 44.6. The zero-order valence-corrected chi connectivity index (χ0v) is 16.8. The zero-order chi connectivity index (χ0) is 22.2. The zero-order valence-electron chi connectivity index (χ0n) is 15.9. The smallest absolute Gasteiger partial charge is 0.416 e. The number of alkyl halides is 3. The molecule has 0 atom stereocenters. The quantitative estimate of drug-likeness (QED) is 0.494. The van der Waals surface area contributed by atoms with Gasteiger partial charge in [-0.3, -0.25) is 14.0 Å². The minimum absolute atomic E-state index is 0.126. The number of carbonyl (C=O) groups excluding carboxylic acids is 1. The molecule has 4 rings (SSSR count). The fourth-order valence-electron chi connectivity index (χ4n) is 2.97. The Morgan fingerprint density at radius 3 is 2.58 bits per heavy atom. The number of nitrogens with zero attached hydrogens (tertiary/aromatic N) is 2. The van der Waals surface area contributed by atoms with E-state index in [0.29, 0.717) is 22.0 Å². The largest absolute Gasteiger partial charge is 0.497 e. The minimum atomic E-state index is -4.48. The minimum Gasteiger partial charge on any atom is -0.497 e. The van der Waals surface area contributed by atoms with E-state index >= 15 is 0 Å². The summed E-state index contributed by atoms with van der Waals surface area (Å²) in [5, 5.41) is 4.18. The number of anilines is 1. The van der Waals surface area contributed by atoms with Gasteiger partial charge < -0.3 is 10.1 Å². The number of benzene rings is 2. The molecule has 0 unspecified atom stereocenters. The van der Waals surface area contributed by atoms with Gasteiger partial charge in [-0.15, -0.1) is 11.3 Å². The fraction of sp³-hybridized carbons (Fsp3) is 0.0952. The lowest BCUT2D eigenvalue weighted by atomic mass is 10.1. The number of hydrogen-bond donors (Lipinski definition) is 1. The maximum Gasteiger partial charge on any atom is 0.416 e. The van der Waals surface area contributed by atoms with E-state index in [2.05, 4.69) is 10.3 Å². The van der Waals surface area contributed by atoms with Gasteiger partial charge in [-0.2, -0.15) is 13.2 Å².